The standard InChI is InChI=1S/C14H12BrFO/c1-10-5-2-3-8-13(10)17-9-11-6-4-7-12(16)14(11)15/h2-8H,9H2,1H3. The minimum absolute atomic E-state index is 0.268. The molecule has 88 valence electrons. The summed E-state index contributed by atoms with van der Waals surface area (Å²) in [5.41, 5.74) is 1.87. The van der Waals surface area contributed by atoms with Crippen LogP contribution in [0.1, 0.15) is 11.1 Å². The van der Waals surface area contributed by atoms with Crippen LogP contribution < -0.4 is 4.74 Å². The molecule has 0 heterocycles. The van der Waals surface area contributed by atoms with Crippen LogP contribution in [0.3, 0.4) is 0 Å². The van der Waals surface area contributed by atoms with Gasteiger partial charge in [-0.25, -0.2) is 4.39 Å². The molecule has 3 heteroatoms. The predicted octanol–water partition coefficient (Wildman–Crippen LogP) is 4.48. The van der Waals surface area contributed by atoms with Gasteiger partial charge in [0, 0.05) is 5.56 Å². The van der Waals surface area contributed by atoms with Crippen LogP contribution in [-0.2, 0) is 6.61 Å². The Morgan fingerprint density at radius 3 is 2.65 bits per heavy atom. The normalized spacial score (nSPS) is 10.3. The summed E-state index contributed by atoms with van der Waals surface area (Å²) in [6, 6.07) is 12.7. The molecule has 0 aliphatic heterocycles. The Balaban J connectivity index is 2.13. The second kappa shape index (κ2) is 5.32. The van der Waals surface area contributed by atoms with E-state index in [-0.39, 0.29) is 5.82 Å². The van der Waals surface area contributed by atoms with Crippen LogP contribution in [0.25, 0.3) is 0 Å². The maximum Gasteiger partial charge on any atom is 0.137 e. The van der Waals surface area contributed by atoms with Crippen LogP contribution in [0.2, 0.25) is 0 Å². The van der Waals surface area contributed by atoms with Gasteiger partial charge in [0.25, 0.3) is 0 Å². The zero-order valence-electron chi connectivity index (χ0n) is 9.41. The van der Waals surface area contributed by atoms with E-state index < -0.39 is 0 Å². The summed E-state index contributed by atoms with van der Waals surface area (Å²) >= 11 is 3.22. The van der Waals surface area contributed by atoms with Crippen LogP contribution in [0, 0.1) is 12.7 Å². The quantitative estimate of drug-likeness (QED) is 0.811. The second-order valence-electron chi connectivity index (χ2n) is 3.77. The largest absolute Gasteiger partial charge is 0.489 e. The summed E-state index contributed by atoms with van der Waals surface area (Å²) in [6.07, 6.45) is 0. The highest BCUT2D eigenvalue weighted by Crippen LogP contribution is 2.23. The fourth-order valence-electron chi connectivity index (χ4n) is 1.53. The first-order valence-corrected chi connectivity index (χ1v) is 6.09. The van der Waals surface area contributed by atoms with Crippen LogP contribution in [-0.4, -0.2) is 0 Å². The molecule has 0 saturated heterocycles. The van der Waals surface area contributed by atoms with Crippen molar-refractivity contribution in [3.05, 3.63) is 63.9 Å². The fourth-order valence-corrected chi connectivity index (χ4v) is 1.91. The lowest BCUT2D eigenvalue weighted by Gasteiger charge is -2.10. The summed E-state index contributed by atoms with van der Waals surface area (Å²) in [7, 11) is 0. The van der Waals surface area contributed by atoms with E-state index in [4.69, 9.17) is 4.74 Å². The highest BCUT2D eigenvalue weighted by atomic mass is 79.9. The number of hydrogen-bond donors (Lipinski definition) is 0. The van der Waals surface area contributed by atoms with Gasteiger partial charge in [0.15, 0.2) is 0 Å². The smallest absolute Gasteiger partial charge is 0.137 e. The SMILES string of the molecule is Cc1ccccc1OCc1cccc(F)c1Br. The first kappa shape index (κ1) is 12.1. The van der Waals surface area contributed by atoms with Crippen molar-refractivity contribution in [1.29, 1.82) is 0 Å². The van der Waals surface area contributed by atoms with E-state index in [2.05, 4.69) is 15.9 Å². The summed E-state index contributed by atoms with van der Waals surface area (Å²) in [6.45, 7) is 2.33. The Labute approximate surface area is 108 Å². The minimum atomic E-state index is -0.268. The summed E-state index contributed by atoms with van der Waals surface area (Å²) in [5.74, 6) is 0.555. The molecule has 2 aromatic rings. The van der Waals surface area contributed by atoms with Crippen molar-refractivity contribution in [2.75, 3.05) is 0 Å². The highest BCUT2D eigenvalue weighted by Gasteiger charge is 2.06. The minimum Gasteiger partial charge on any atom is -0.489 e. The molecule has 0 aromatic heterocycles. The Bertz CT molecular complexity index is 525. The molecule has 0 aliphatic carbocycles. The Hall–Kier alpha value is -1.35. The van der Waals surface area contributed by atoms with E-state index in [9.17, 15) is 4.39 Å². The van der Waals surface area contributed by atoms with E-state index in [1.54, 1.807) is 6.07 Å². The van der Waals surface area contributed by atoms with Crippen LogP contribution >= 0.6 is 15.9 Å². The average molecular weight is 295 g/mol. The van der Waals surface area contributed by atoms with Gasteiger partial charge in [0.2, 0.25) is 0 Å². The highest BCUT2D eigenvalue weighted by molar-refractivity contribution is 9.10. The van der Waals surface area contributed by atoms with Crippen molar-refractivity contribution in [3.8, 4) is 5.75 Å². The first-order chi connectivity index (χ1) is 8.18. The molecule has 17 heavy (non-hydrogen) atoms. The molecule has 1 nitrogen and oxygen atoms in total. The van der Waals surface area contributed by atoms with Gasteiger partial charge in [-0.3, -0.25) is 0 Å². The van der Waals surface area contributed by atoms with Gasteiger partial charge in [0.1, 0.15) is 18.2 Å². The molecule has 2 aromatic carbocycles. The van der Waals surface area contributed by atoms with Gasteiger partial charge >= 0.3 is 0 Å². The van der Waals surface area contributed by atoms with E-state index in [1.165, 1.54) is 6.07 Å². The Morgan fingerprint density at radius 1 is 1.12 bits per heavy atom. The molecule has 0 spiro atoms. The van der Waals surface area contributed by atoms with E-state index in [0.29, 0.717) is 11.1 Å². The number of rotatable bonds is 3. The third-order valence-corrected chi connectivity index (χ3v) is 3.40. The second-order valence-corrected chi connectivity index (χ2v) is 4.56. The molecule has 0 unspecified atom stereocenters. The fraction of sp³-hybridized carbons (Fsp3) is 0.143. The molecule has 0 radical (unpaired) electrons. The van der Waals surface area contributed by atoms with Gasteiger partial charge in [0.05, 0.1) is 4.47 Å². The lowest BCUT2D eigenvalue weighted by atomic mass is 10.2. The van der Waals surface area contributed by atoms with Crippen molar-refractivity contribution in [3.63, 3.8) is 0 Å². The topological polar surface area (TPSA) is 9.23 Å². The summed E-state index contributed by atoms with van der Waals surface area (Å²) < 4.78 is 19.4. The summed E-state index contributed by atoms with van der Waals surface area (Å²) in [5, 5.41) is 0. The van der Waals surface area contributed by atoms with Crippen molar-refractivity contribution in [1.82, 2.24) is 0 Å². The third kappa shape index (κ3) is 2.86. The molecule has 0 N–H and O–H groups in total. The third-order valence-electron chi connectivity index (χ3n) is 2.51. The number of halogens is 2. The monoisotopic (exact) mass is 294 g/mol. The van der Waals surface area contributed by atoms with Crippen molar-refractivity contribution in [2.45, 2.75) is 13.5 Å². The van der Waals surface area contributed by atoms with E-state index in [0.717, 1.165) is 16.9 Å². The molecule has 2 rings (SSSR count). The molecule has 0 fully saturated rings. The zero-order valence-corrected chi connectivity index (χ0v) is 11.0. The van der Waals surface area contributed by atoms with E-state index >= 15 is 0 Å². The maximum atomic E-state index is 13.3. The van der Waals surface area contributed by atoms with Crippen molar-refractivity contribution in [2.24, 2.45) is 0 Å². The summed E-state index contributed by atoms with van der Waals surface area (Å²) in [4.78, 5) is 0. The number of ether oxygens (including phenoxy) is 1. The van der Waals surface area contributed by atoms with Crippen molar-refractivity contribution >= 4 is 15.9 Å². The maximum absolute atomic E-state index is 13.3. The van der Waals surface area contributed by atoms with Gasteiger partial charge in [-0.1, -0.05) is 30.3 Å². The first-order valence-electron chi connectivity index (χ1n) is 5.30. The molecular formula is C14H12BrFO. The zero-order chi connectivity index (χ0) is 12.3. The lowest BCUT2D eigenvalue weighted by Crippen LogP contribution is -1.98. The molecular weight excluding hydrogens is 283 g/mol. The molecule has 0 amide bonds. The van der Waals surface area contributed by atoms with Gasteiger partial charge in [-0.15, -0.1) is 0 Å². The average Bonchev–Trinajstić information content (AvgIpc) is 2.33. The van der Waals surface area contributed by atoms with Crippen LogP contribution in [0.4, 0.5) is 4.39 Å². The van der Waals surface area contributed by atoms with Crippen LogP contribution in [0.15, 0.2) is 46.9 Å². The molecule has 0 saturated carbocycles. The Kier molecular flexibility index (Phi) is 3.79. The van der Waals surface area contributed by atoms with Crippen LogP contribution in [0.5, 0.6) is 5.75 Å². The van der Waals surface area contributed by atoms with Gasteiger partial charge < -0.3 is 4.74 Å². The number of hydrogen-bond acceptors (Lipinski definition) is 1. The number of para-hydroxylation sites is 1. The van der Waals surface area contributed by atoms with Gasteiger partial charge in [-0.05, 0) is 40.5 Å². The van der Waals surface area contributed by atoms with Gasteiger partial charge in [-0.2, -0.15) is 0 Å². The molecule has 0 aliphatic rings. The van der Waals surface area contributed by atoms with E-state index in [1.807, 2.05) is 37.3 Å². The predicted molar refractivity (Wildman–Crippen MR) is 69.6 cm³/mol. The molecule has 0 bridgehead atoms. The van der Waals surface area contributed by atoms with Crippen molar-refractivity contribution < 1.29 is 9.13 Å². The molecule has 0 atom stereocenters. The Morgan fingerprint density at radius 2 is 1.88 bits per heavy atom. The number of aryl methyl sites for hydroxylation is 1. The number of benzene rings is 2. The lowest BCUT2D eigenvalue weighted by molar-refractivity contribution is 0.302.